The van der Waals surface area contributed by atoms with E-state index in [9.17, 15) is 19.2 Å². The van der Waals surface area contributed by atoms with Crippen molar-refractivity contribution in [2.24, 2.45) is 0 Å². The summed E-state index contributed by atoms with van der Waals surface area (Å²) in [6.45, 7) is 42.3. The van der Waals surface area contributed by atoms with Crippen molar-refractivity contribution >= 4 is 52.1 Å². The van der Waals surface area contributed by atoms with Gasteiger partial charge in [0.25, 0.3) is 0 Å². The van der Waals surface area contributed by atoms with Crippen molar-refractivity contribution in [3.63, 3.8) is 0 Å². The van der Waals surface area contributed by atoms with Crippen LogP contribution in [-0.4, -0.2) is 89.7 Å². The van der Waals surface area contributed by atoms with E-state index >= 15 is 0 Å². The van der Waals surface area contributed by atoms with Crippen LogP contribution in [0.15, 0.2) is 163 Å². The maximum absolute atomic E-state index is 14.2. The topological polar surface area (TPSA) is 135 Å². The quantitative estimate of drug-likeness (QED) is 0.0352. The molecule has 13 heteroatoms. The molecule has 1 aromatic heterocycles. The van der Waals surface area contributed by atoms with Gasteiger partial charge in [-0.3, -0.25) is 0 Å². The predicted octanol–water partition coefficient (Wildman–Crippen LogP) is 19.1. The molecule has 0 bridgehead atoms. The largest absolute Gasteiger partial charge is 0.514 e. The second kappa shape index (κ2) is 28.9. The molecule has 0 fully saturated rings. The molecule has 8 rings (SSSR count). The number of carbonyl (C=O) groups excluding carboxylic acids is 4. The maximum atomic E-state index is 14.2. The fraction of sp³-hybridized carbons (Fsp3) is 0.402. The number of benzene rings is 6. The Balaban J connectivity index is 1.13. The fourth-order valence-corrected chi connectivity index (χ4v) is 11.8. The Morgan fingerprint density at radius 1 is 0.495 bits per heavy atom. The second-order valence-electron chi connectivity index (χ2n) is 30.5. The average Bonchev–Trinajstić information content (AvgIpc) is 1.62. The lowest BCUT2D eigenvalue weighted by Crippen LogP contribution is -2.29. The first-order chi connectivity index (χ1) is 44.4. The fourth-order valence-electron chi connectivity index (χ4n) is 11.8. The molecule has 1 aliphatic rings. The summed E-state index contributed by atoms with van der Waals surface area (Å²) in [5.41, 5.74) is 10.6. The first kappa shape index (κ1) is 71.9. The van der Waals surface area contributed by atoms with Gasteiger partial charge in [0.05, 0.1) is 23.4 Å². The molecule has 0 radical (unpaired) electrons. The van der Waals surface area contributed by atoms with E-state index in [2.05, 4.69) is 161 Å². The number of rotatable bonds is 18. The number of anilines is 1. The zero-order valence-corrected chi connectivity index (χ0v) is 59.9. The summed E-state index contributed by atoms with van der Waals surface area (Å²) in [7, 11) is 0. The number of likely N-dealkylation sites (N-methyl/N-ethyl adjacent to an activating group) is 2. The second-order valence-corrected chi connectivity index (χ2v) is 30.5. The van der Waals surface area contributed by atoms with Crippen LogP contribution in [0.1, 0.15) is 198 Å². The molecule has 6 aromatic carbocycles. The third-order valence-electron chi connectivity index (χ3n) is 16.5. The highest BCUT2D eigenvalue weighted by atomic mass is 16.7. The number of carbonyl (C=O) groups is 4. The minimum Gasteiger partial charge on any atom is -0.460 e. The maximum Gasteiger partial charge on any atom is 0.514 e. The zero-order chi connectivity index (χ0) is 69.6. The standard InChI is InChI=1S/C82H100N3O10/c1-21-83(45-47-90-73(86)58-49-63(77(3,4)5)71(64(50-58)78(6,7)8)92-75(88)94-81(15,16)17)60-41-37-55(38-42-60)68(69-62-35-29-30-36-67(62)85(53-54-31-25-23-26-32-54)70(69)57-33-27-24-28-34-57)56-39-43-61(44-40-56)84(22-2)46-48-91-74(87)59-51-65(79(9,10)11)72(66(52-59)80(12,13)14)93-76(89)95-82(18,19)20/h23-44,49-52H,21-22,45-48,53H2,1-20H3/q+1. The summed E-state index contributed by atoms with van der Waals surface area (Å²) < 4.78 is 40.0. The van der Waals surface area contributed by atoms with Crippen LogP contribution in [0.25, 0.3) is 27.7 Å². The average molecular weight is 1290 g/mol. The summed E-state index contributed by atoms with van der Waals surface area (Å²) in [6.07, 6.45) is 7.07. The number of para-hydroxylation sites is 1. The van der Waals surface area contributed by atoms with Gasteiger partial charge in [0.2, 0.25) is 0 Å². The number of hydrogen-bond acceptors (Lipinski definition) is 11. The van der Waals surface area contributed by atoms with Gasteiger partial charge in [-0.2, -0.15) is 0 Å². The number of fused-ring (bicyclic) bond motifs is 1. The summed E-state index contributed by atoms with van der Waals surface area (Å²) in [5.74, 6) is -0.156. The third-order valence-corrected chi connectivity index (χ3v) is 16.5. The Morgan fingerprint density at radius 2 is 0.937 bits per heavy atom. The molecule has 0 saturated carbocycles. The summed E-state index contributed by atoms with van der Waals surface area (Å²) in [6, 6.07) is 45.6. The van der Waals surface area contributed by atoms with E-state index in [1.807, 2.05) is 83.1 Å². The summed E-state index contributed by atoms with van der Waals surface area (Å²) in [5, 5.41) is 1.11. The van der Waals surface area contributed by atoms with Gasteiger partial charge < -0.3 is 37.9 Å². The molecular weight excluding hydrogens is 1190 g/mol. The van der Waals surface area contributed by atoms with Crippen LogP contribution in [0.4, 0.5) is 15.3 Å². The molecule has 0 aliphatic heterocycles. The number of aromatic nitrogens is 1. The van der Waals surface area contributed by atoms with E-state index in [1.165, 1.54) is 5.56 Å². The van der Waals surface area contributed by atoms with Crippen LogP contribution in [0.5, 0.6) is 11.5 Å². The molecule has 0 spiro atoms. The summed E-state index contributed by atoms with van der Waals surface area (Å²) in [4.78, 5) is 56.8. The van der Waals surface area contributed by atoms with Crippen LogP contribution in [0.2, 0.25) is 0 Å². The lowest BCUT2D eigenvalue weighted by Gasteiger charge is -2.30. The van der Waals surface area contributed by atoms with Crippen LogP contribution in [-0.2, 0) is 47.2 Å². The first-order valence-electron chi connectivity index (χ1n) is 33.3. The van der Waals surface area contributed by atoms with E-state index in [4.69, 9.17) is 28.4 Å². The van der Waals surface area contributed by atoms with Gasteiger partial charge in [-0.15, -0.1) is 0 Å². The number of hydrogen-bond donors (Lipinski definition) is 0. The Labute approximate surface area is 564 Å². The SMILES string of the molecule is CCN(CCOC(=O)c1cc(C(C)(C)C)c(OC(=O)OC(C)(C)C)c(C(C)(C)C)c1)c1ccc(C(=C2C=CC(=[N+](CC)CCOC(=O)c3cc(C(C)(C)C)c(OC(=O)OC(C)(C)C)c(C(C)(C)C)c3)C=C2)c2c(-c3ccccc3)n(Cc3ccccc3)c3ccccc23)cc1. The molecule has 0 amide bonds. The van der Waals surface area contributed by atoms with Gasteiger partial charge in [0.1, 0.15) is 35.9 Å². The van der Waals surface area contributed by atoms with E-state index in [1.54, 1.807) is 65.8 Å². The normalized spacial score (nSPS) is 13.0. The number of allylic oxidation sites excluding steroid dienone is 5. The highest BCUT2D eigenvalue weighted by Crippen LogP contribution is 2.46. The molecule has 0 unspecified atom stereocenters. The van der Waals surface area contributed by atoms with E-state index in [0.717, 1.165) is 55.8 Å². The smallest absolute Gasteiger partial charge is 0.460 e. The van der Waals surface area contributed by atoms with Gasteiger partial charge in [-0.1, -0.05) is 174 Å². The molecule has 0 N–H and O–H groups in total. The number of ether oxygens (including phenoxy) is 6. The van der Waals surface area contributed by atoms with Gasteiger partial charge in [-0.25, -0.2) is 23.8 Å². The van der Waals surface area contributed by atoms with Gasteiger partial charge >= 0.3 is 24.2 Å². The predicted molar refractivity (Wildman–Crippen MR) is 384 cm³/mol. The van der Waals surface area contributed by atoms with Crippen molar-refractivity contribution in [2.75, 3.05) is 44.3 Å². The molecule has 95 heavy (non-hydrogen) atoms. The van der Waals surface area contributed by atoms with Crippen molar-refractivity contribution in [1.29, 1.82) is 0 Å². The van der Waals surface area contributed by atoms with Gasteiger partial charge in [0, 0.05) is 69.6 Å². The monoisotopic (exact) mass is 1290 g/mol. The van der Waals surface area contributed by atoms with Crippen LogP contribution < -0.4 is 14.4 Å². The third kappa shape index (κ3) is 18.1. The molecule has 1 heterocycles. The number of esters is 2. The molecule has 1 aliphatic carbocycles. The van der Waals surface area contributed by atoms with E-state index < -0.39 is 57.1 Å². The van der Waals surface area contributed by atoms with E-state index in [-0.39, 0.29) is 13.2 Å². The van der Waals surface area contributed by atoms with E-state index in [0.29, 0.717) is 77.6 Å². The van der Waals surface area contributed by atoms with Crippen molar-refractivity contribution < 1.29 is 52.2 Å². The lowest BCUT2D eigenvalue weighted by atomic mass is 9.78. The van der Waals surface area contributed by atoms with Crippen LogP contribution >= 0.6 is 0 Å². The van der Waals surface area contributed by atoms with Crippen molar-refractivity contribution in [3.8, 4) is 22.8 Å². The van der Waals surface area contributed by atoms with Crippen molar-refractivity contribution in [3.05, 3.63) is 213 Å². The Kier molecular flexibility index (Phi) is 21.9. The van der Waals surface area contributed by atoms with Crippen LogP contribution in [0, 0.1) is 0 Å². The van der Waals surface area contributed by atoms with Gasteiger partial charge in [-0.05, 0) is 160 Å². The molecule has 0 saturated heterocycles. The minimum atomic E-state index is -0.806. The molecule has 502 valence electrons. The Bertz CT molecular complexity index is 3980. The lowest BCUT2D eigenvalue weighted by molar-refractivity contribution is -0.524. The molecule has 7 aromatic rings. The molecule has 0 atom stereocenters. The van der Waals surface area contributed by atoms with Gasteiger partial charge in [0.15, 0.2) is 18.9 Å². The van der Waals surface area contributed by atoms with Crippen molar-refractivity contribution in [1.82, 2.24) is 4.57 Å². The highest BCUT2D eigenvalue weighted by Gasteiger charge is 2.35. The first-order valence-corrected chi connectivity index (χ1v) is 33.3. The minimum absolute atomic E-state index is 0.126. The number of nitrogens with zero attached hydrogens (tertiary/aromatic N) is 3. The Morgan fingerprint density at radius 3 is 1.38 bits per heavy atom. The van der Waals surface area contributed by atoms with Crippen LogP contribution in [0.3, 0.4) is 0 Å². The zero-order valence-electron chi connectivity index (χ0n) is 59.9. The highest BCUT2D eigenvalue weighted by molar-refractivity contribution is 6.09. The summed E-state index contributed by atoms with van der Waals surface area (Å²) >= 11 is 0. The Hall–Kier alpha value is -8.97. The molecule has 13 nitrogen and oxygen atoms in total. The van der Waals surface area contributed by atoms with Crippen molar-refractivity contribution in [2.45, 2.75) is 178 Å². The molecular formula is C82H100N3O10+.